The lowest BCUT2D eigenvalue weighted by Gasteiger charge is -2.09. The molecule has 1 heterocycles. The number of nitrogens with one attached hydrogen (secondary N) is 1. The van der Waals surface area contributed by atoms with Crippen LogP contribution in [0.3, 0.4) is 0 Å². The molecular formula is C15H18N2O. The van der Waals surface area contributed by atoms with Crippen molar-refractivity contribution in [2.45, 2.75) is 20.3 Å². The summed E-state index contributed by atoms with van der Waals surface area (Å²) in [4.78, 5) is 15.0. The molecule has 0 spiro atoms. The van der Waals surface area contributed by atoms with Crippen LogP contribution in [0, 0.1) is 5.92 Å². The molecule has 1 aromatic carbocycles. The summed E-state index contributed by atoms with van der Waals surface area (Å²) in [6.07, 6.45) is 0.828. The molecule has 0 saturated carbocycles. The van der Waals surface area contributed by atoms with E-state index in [1.165, 1.54) is 0 Å². The van der Waals surface area contributed by atoms with Gasteiger partial charge in [-0.05, 0) is 24.0 Å². The number of nitrogen functional groups attached to an aromatic ring is 1. The number of aromatic amines is 1. The minimum Gasteiger partial charge on any atom is -0.398 e. The van der Waals surface area contributed by atoms with Gasteiger partial charge in [0.2, 0.25) is 0 Å². The van der Waals surface area contributed by atoms with Gasteiger partial charge < -0.3 is 10.7 Å². The molecule has 0 unspecified atom stereocenters. The molecule has 0 fully saturated rings. The van der Waals surface area contributed by atoms with Crippen LogP contribution >= 0.6 is 0 Å². The predicted octanol–water partition coefficient (Wildman–Crippen LogP) is 2.82. The molecule has 0 atom stereocenters. The summed E-state index contributed by atoms with van der Waals surface area (Å²) >= 11 is 0. The second-order valence-electron chi connectivity index (χ2n) is 4.92. The molecule has 94 valence electrons. The van der Waals surface area contributed by atoms with E-state index in [4.69, 9.17) is 5.73 Å². The molecule has 0 saturated heterocycles. The van der Waals surface area contributed by atoms with Crippen LogP contribution in [0.5, 0.6) is 0 Å². The lowest BCUT2D eigenvalue weighted by atomic mass is 10.0. The topological polar surface area (TPSA) is 58.9 Å². The first kappa shape index (κ1) is 12.4. The number of pyridine rings is 1. The second kappa shape index (κ2) is 5.08. The summed E-state index contributed by atoms with van der Waals surface area (Å²) in [5, 5.41) is 0. The molecule has 3 N–H and O–H groups in total. The van der Waals surface area contributed by atoms with Crippen LogP contribution in [0.1, 0.15) is 19.5 Å². The number of aromatic nitrogens is 1. The Balaban J connectivity index is 2.49. The Kier molecular flexibility index (Phi) is 3.51. The molecule has 3 nitrogen and oxygen atoms in total. The molecule has 0 radical (unpaired) electrons. The number of anilines is 1. The predicted molar refractivity (Wildman–Crippen MR) is 75.5 cm³/mol. The summed E-state index contributed by atoms with van der Waals surface area (Å²) in [6, 6.07) is 11.4. The van der Waals surface area contributed by atoms with Crippen molar-refractivity contribution in [2.24, 2.45) is 5.92 Å². The van der Waals surface area contributed by atoms with Crippen LogP contribution in [-0.4, -0.2) is 4.98 Å². The number of hydrogen-bond acceptors (Lipinski definition) is 2. The molecule has 2 rings (SSSR count). The molecule has 0 aliphatic rings. The summed E-state index contributed by atoms with van der Waals surface area (Å²) < 4.78 is 0. The maximum absolute atomic E-state index is 12.1. The molecule has 0 aliphatic heterocycles. The Bertz CT molecular complexity index is 585. The van der Waals surface area contributed by atoms with Gasteiger partial charge in [0, 0.05) is 11.4 Å². The Morgan fingerprint density at radius 2 is 1.89 bits per heavy atom. The summed E-state index contributed by atoms with van der Waals surface area (Å²) in [6.45, 7) is 4.22. The van der Waals surface area contributed by atoms with E-state index in [-0.39, 0.29) is 5.56 Å². The molecule has 18 heavy (non-hydrogen) atoms. The molecule has 3 heteroatoms. The highest BCUT2D eigenvalue weighted by Crippen LogP contribution is 2.22. The van der Waals surface area contributed by atoms with Crippen molar-refractivity contribution < 1.29 is 0 Å². The third kappa shape index (κ3) is 2.62. The fourth-order valence-electron chi connectivity index (χ4n) is 2.09. The number of nitrogens with two attached hydrogens (primary N) is 1. The smallest absolute Gasteiger partial charge is 0.258 e. The standard InChI is InChI=1S/C15H18N2O/c1-10(2)8-12-9-13(16)14(15(18)17-12)11-6-4-3-5-7-11/h3-7,9-10H,8H2,1-2H3,(H3,16,17,18). The van der Waals surface area contributed by atoms with Crippen molar-refractivity contribution in [2.75, 3.05) is 5.73 Å². The first-order valence-corrected chi connectivity index (χ1v) is 6.15. The van der Waals surface area contributed by atoms with E-state index in [9.17, 15) is 4.79 Å². The van der Waals surface area contributed by atoms with E-state index in [1.54, 1.807) is 0 Å². The molecule has 0 amide bonds. The van der Waals surface area contributed by atoms with Gasteiger partial charge in [-0.15, -0.1) is 0 Å². The first-order chi connectivity index (χ1) is 8.58. The fourth-order valence-corrected chi connectivity index (χ4v) is 2.09. The van der Waals surface area contributed by atoms with Gasteiger partial charge in [0.15, 0.2) is 0 Å². The van der Waals surface area contributed by atoms with Crippen LogP contribution in [-0.2, 0) is 6.42 Å². The quantitative estimate of drug-likeness (QED) is 0.869. The normalized spacial score (nSPS) is 10.8. The van der Waals surface area contributed by atoms with Gasteiger partial charge in [-0.1, -0.05) is 44.2 Å². The van der Waals surface area contributed by atoms with Crippen molar-refractivity contribution in [3.05, 3.63) is 52.4 Å². The Hall–Kier alpha value is -2.03. The highest BCUT2D eigenvalue weighted by Gasteiger charge is 2.09. The van der Waals surface area contributed by atoms with Crippen molar-refractivity contribution in [3.63, 3.8) is 0 Å². The number of benzene rings is 1. The lowest BCUT2D eigenvalue weighted by Crippen LogP contribution is -2.15. The number of rotatable bonds is 3. The van der Waals surface area contributed by atoms with Crippen LogP contribution in [0.2, 0.25) is 0 Å². The molecule has 1 aromatic heterocycles. The van der Waals surface area contributed by atoms with E-state index >= 15 is 0 Å². The van der Waals surface area contributed by atoms with Crippen LogP contribution < -0.4 is 11.3 Å². The SMILES string of the molecule is CC(C)Cc1cc(N)c(-c2ccccc2)c(=O)[nH]1. The Morgan fingerprint density at radius 1 is 1.22 bits per heavy atom. The van der Waals surface area contributed by atoms with Crippen LogP contribution in [0.25, 0.3) is 11.1 Å². The average Bonchev–Trinajstić information content (AvgIpc) is 2.28. The summed E-state index contributed by atoms with van der Waals surface area (Å²) in [5.41, 5.74) is 8.75. The molecule has 2 aromatic rings. The highest BCUT2D eigenvalue weighted by molar-refractivity contribution is 5.75. The van der Waals surface area contributed by atoms with E-state index in [0.717, 1.165) is 17.7 Å². The lowest BCUT2D eigenvalue weighted by molar-refractivity contribution is 0.634. The van der Waals surface area contributed by atoms with E-state index in [1.807, 2.05) is 36.4 Å². The van der Waals surface area contributed by atoms with Crippen LogP contribution in [0.4, 0.5) is 5.69 Å². The van der Waals surface area contributed by atoms with Crippen molar-refractivity contribution in [3.8, 4) is 11.1 Å². The Morgan fingerprint density at radius 3 is 2.44 bits per heavy atom. The summed E-state index contributed by atoms with van der Waals surface area (Å²) in [5.74, 6) is 0.489. The van der Waals surface area contributed by atoms with Crippen molar-refractivity contribution in [1.82, 2.24) is 4.98 Å². The van der Waals surface area contributed by atoms with Crippen LogP contribution in [0.15, 0.2) is 41.2 Å². The zero-order valence-corrected chi connectivity index (χ0v) is 10.7. The van der Waals surface area contributed by atoms with Gasteiger partial charge in [-0.2, -0.15) is 0 Å². The minimum absolute atomic E-state index is 0.114. The zero-order valence-electron chi connectivity index (χ0n) is 10.7. The fraction of sp³-hybridized carbons (Fsp3) is 0.267. The number of hydrogen-bond donors (Lipinski definition) is 2. The molecule has 0 aliphatic carbocycles. The summed E-state index contributed by atoms with van der Waals surface area (Å²) in [7, 11) is 0. The third-order valence-corrected chi connectivity index (χ3v) is 2.81. The average molecular weight is 242 g/mol. The van der Waals surface area contributed by atoms with Crippen molar-refractivity contribution >= 4 is 5.69 Å². The van der Waals surface area contributed by atoms with Crippen molar-refractivity contribution in [1.29, 1.82) is 0 Å². The van der Waals surface area contributed by atoms with E-state index in [0.29, 0.717) is 17.2 Å². The van der Waals surface area contributed by atoms with Gasteiger partial charge in [0.25, 0.3) is 5.56 Å². The minimum atomic E-state index is -0.114. The Labute approximate surface area is 107 Å². The largest absolute Gasteiger partial charge is 0.398 e. The molecule has 0 bridgehead atoms. The first-order valence-electron chi connectivity index (χ1n) is 6.15. The third-order valence-electron chi connectivity index (χ3n) is 2.81. The number of H-pyrrole nitrogens is 1. The van der Waals surface area contributed by atoms with E-state index < -0.39 is 0 Å². The monoisotopic (exact) mass is 242 g/mol. The van der Waals surface area contributed by atoms with Gasteiger partial charge in [-0.25, -0.2) is 0 Å². The van der Waals surface area contributed by atoms with Gasteiger partial charge in [0.1, 0.15) is 0 Å². The maximum atomic E-state index is 12.1. The molecular weight excluding hydrogens is 224 g/mol. The highest BCUT2D eigenvalue weighted by atomic mass is 16.1. The van der Waals surface area contributed by atoms with E-state index in [2.05, 4.69) is 18.8 Å². The zero-order chi connectivity index (χ0) is 13.1. The van der Waals surface area contributed by atoms with Gasteiger partial charge in [-0.3, -0.25) is 4.79 Å². The van der Waals surface area contributed by atoms with Gasteiger partial charge >= 0.3 is 0 Å². The van der Waals surface area contributed by atoms with Gasteiger partial charge in [0.05, 0.1) is 5.56 Å². The second-order valence-corrected chi connectivity index (χ2v) is 4.92. The maximum Gasteiger partial charge on any atom is 0.258 e.